The van der Waals surface area contributed by atoms with Gasteiger partial charge in [0, 0.05) is 19.8 Å². The Balaban J connectivity index is 2.78. The summed E-state index contributed by atoms with van der Waals surface area (Å²) in [6.07, 6.45) is 0. The van der Waals surface area contributed by atoms with E-state index in [1.54, 1.807) is 17.7 Å². The number of nitrogen functional groups attached to an aromatic ring is 1. The number of nitrogens with zero attached hydrogens (tertiary/aromatic N) is 2. The van der Waals surface area contributed by atoms with Crippen LogP contribution in [0.1, 0.15) is 12.6 Å². The Morgan fingerprint density at radius 3 is 2.78 bits per heavy atom. The molecule has 1 rings (SSSR count). The average Bonchev–Trinajstić information content (AvgIpc) is 2.67. The van der Waals surface area contributed by atoms with Gasteiger partial charge in [0.15, 0.2) is 0 Å². The molecular weight excluding hydrogens is 234 g/mol. The Hall–Kier alpha value is -1.71. The number of methoxy groups -OCH3 is 1. The van der Waals surface area contributed by atoms with Crippen LogP contribution in [0, 0.1) is 11.3 Å². The lowest BCUT2D eigenvalue weighted by molar-refractivity contribution is 0.126. The first-order valence-electron chi connectivity index (χ1n) is 5.83. The second-order valence-corrected chi connectivity index (χ2v) is 3.59. The zero-order valence-electron chi connectivity index (χ0n) is 10.8. The standard InChI is InChI=1S/C12H19N3O3/c1-3-17-5-4-15-10(9-13)8-11(14)12(15)18-7-6-16-2/h8H,3-7,14H2,1-2H3. The molecule has 2 N–H and O–H groups in total. The number of anilines is 1. The number of nitrogens with two attached hydrogens (primary N) is 1. The first-order valence-corrected chi connectivity index (χ1v) is 5.83. The van der Waals surface area contributed by atoms with Crippen molar-refractivity contribution in [3.8, 4) is 11.9 Å². The fourth-order valence-corrected chi connectivity index (χ4v) is 1.55. The highest BCUT2D eigenvalue weighted by molar-refractivity contribution is 5.55. The summed E-state index contributed by atoms with van der Waals surface area (Å²) >= 11 is 0. The summed E-state index contributed by atoms with van der Waals surface area (Å²) in [4.78, 5) is 0. The maximum absolute atomic E-state index is 9.04. The molecule has 18 heavy (non-hydrogen) atoms. The van der Waals surface area contributed by atoms with Gasteiger partial charge in [-0.2, -0.15) is 5.26 Å². The van der Waals surface area contributed by atoms with Crippen LogP contribution in [0.4, 0.5) is 5.69 Å². The highest BCUT2D eigenvalue weighted by atomic mass is 16.5. The van der Waals surface area contributed by atoms with E-state index in [0.717, 1.165) is 0 Å². The fourth-order valence-electron chi connectivity index (χ4n) is 1.55. The van der Waals surface area contributed by atoms with E-state index in [2.05, 4.69) is 6.07 Å². The monoisotopic (exact) mass is 253 g/mol. The average molecular weight is 253 g/mol. The number of rotatable bonds is 8. The van der Waals surface area contributed by atoms with Crippen LogP contribution in [-0.2, 0) is 16.0 Å². The van der Waals surface area contributed by atoms with E-state index in [-0.39, 0.29) is 0 Å². The molecule has 0 aliphatic heterocycles. The molecule has 6 heteroatoms. The normalized spacial score (nSPS) is 10.3. The molecule has 1 heterocycles. The zero-order valence-corrected chi connectivity index (χ0v) is 10.8. The van der Waals surface area contributed by atoms with Gasteiger partial charge in [-0.05, 0) is 6.92 Å². The van der Waals surface area contributed by atoms with Crippen LogP contribution in [0.15, 0.2) is 6.07 Å². The lowest BCUT2D eigenvalue weighted by Gasteiger charge is -2.12. The third kappa shape index (κ3) is 3.65. The lowest BCUT2D eigenvalue weighted by atomic mass is 10.4. The predicted molar refractivity (Wildman–Crippen MR) is 67.4 cm³/mol. The topological polar surface area (TPSA) is 82.4 Å². The van der Waals surface area contributed by atoms with Crippen molar-refractivity contribution < 1.29 is 14.2 Å². The number of ether oxygens (including phenoxy) is 3. The van der Waals surface area contributed by atoms with Crippen molar-refractivity contribution in [1.29, 1.82) is 5.26 Å². The van der Waals surface area contributed by atoms with Crippen molar-refractivity contribution in [2.45, 2.75) is 13.5 Å². The molecule has 1 aromatic rings. The van der Waals surface area contributed by atoms with Crippen molar-refractivity contribution in [2.75, 3.05) is 39.3 Å². The Kier molecular flexibility index (Phi) is 6.05. The summed E-state index contributed by atoms with van der Waals surface area (Å²) in [6.45, 7) is 4.47. The molecule has 0 spiro atoms. The SMILES string of the molecule is CCOCCn1c(C#N)cc(N)c1OCCOC. The molecule has 0 radical (unpaired) electrons. The van der Waals surface area contributed by atoms with Gasteiger partial charge in [0.1, 0.15) is 18.4 Å². The van der Waals surface area contributed by atoms with Gasteiger partial charge in [-0.3, -0.25) is 4.57 Å². The second kappa shape index (κ2) is 7.58. The molecule has 0 fully saturated rings. The summed E-state index contributed by atoms with van der Waals surface area (Å²) in [5.41, 5.74) is 6.76. The van der Waals surface area contributed by atoms with Gasteiger partial charge < -0.3 is 19.9 Å². The number of hydrogen-bond acceptors (Lipinski definition) is 5. The minimum Gasteiger partial charge on any atom is -0.475 e. The quantitative estimate of drug-likeness (QED) is 0.699. The molecule has 1 aromatic heterocycles. The summed E-state index contributed by atoms with van der Waals surface area (Å²) in [6, 6.07) is 3.70. The smallest absolute Gasteiger partial charge is 0.218 e. The molecule has 100 valence electrons. The van der Waals surface area contributed by atoms with E-state index in [9.17, 15) is 0 Å². The third-order valence-corrected chi connectivity index (χ3v) is 2.38. The van der Waals surface area contributed by atoms with Gasteiger partial charge >= 0.3 is 0 Å². The summed E-state index contributed by atoms with van der Waals surface area (Å²) in [5, 5.41) is 9.04. The summed E-state index contributed by atoms with van der Waals surface area (Å²) in [7, 11) is 1.60. The fraction of sp³-hybridized carbons (Fsp3) is 0.583. The van der Waals surface area contributed by atoms with E-state index >= 15 is 0 Å². The van der Waals surface area contributed by atoms with Gasteiger partial charge in [-0.1, -0.05) is 0 Å². The van der Waals surface area contributed by atoms with E-state index in [4.69, 9.17) is 25.2 Å². The molecule has 0 aliphatic carbocycles. The maximum Gasteiger partial charge on any atom is 0.218 e. The highest BCUT2D eigenvalue weighted by Gasteiger charge is 2.14. The molecular formula is C12H19N3O3. The van der Waals surface area contributed by atoms with Gasteiger partial charge in [0.05, 0.1) is 25.4 Å². The van der Waals surface area contributed by atoms with Crippen LogP contribution in [0.2, 0.25) is 0 Å². The third-order valence-electron chi connectivity index (χ3n) is 2.38. The van der Waals surface area contributed by atoms with Crippen molar-refractivity contribution >= 4 is 5.69 Å². The molecule has 0 saturated carbocycles. The van der Waals surface area contributed by atoms with Crippen molar-refractivity contribution in [1.82, 2.24) is 4.57 Å². The highest BCUT2D eigenvalue weighted by Crippen LogP contribution is 2.26. The first kappa shape index (κ1) is 14.4. The Morgan fingerprint density at radius 1 is 1.39 bits per heavy atom. The van der Waals surface area contributed by atoms with Gasteiger partial charge in [-0.25, -0.2) is 0 Å². The molecule has 0 aliphatic rings. The number of nitriles is 1. The van der Waals surface area contributed by atoms with Crippen LogP contribution in [0.3, 0.4) is 0 Å². The van der Waals surface area contributed by atoms with Crippen molar-refractivity contribution in [3.63, 3.8) is 0 Å². The second-order valence-electron chi connectivity index (χ2n) is 3.59. The van der Waals surface area contributed by atoms with Crippen LogP contribution in [0.25, 0.3) is 0 Å². The maximum atomic E-state index is 9.04. The molecule has 0 unspecified atom stereocenters. The van der Waals surface area contributed by atoms with E-state index < -0.39 is 0 Å². The minimum atomic E-state index is 0.393. The van der Waals surface area contributed by atoms with E-state index in [1.165, 1.54) is 0 Å². The number of hydrogen-bond donors (Lipinski definition) is 1. The summed E-state index contributed by atoms with van der Waals surface area (Å²) in [5.74, 6) is 0.503. The Labute approximate surface area is 107 Å². The zero-order chi connectivity index (χ0) is 13.4. The van der Waals surface area contributed by atoms with E-state index in [1.807, 2.05) is 6.92 Å². The molecule has 0 atom stereocenters. The first-order chi connectivity index (χ1) is 8.74. The Bertz CT molecular complexity index is 409. The van der Waals surface area contributed by atoms with Crippen LogP contribution >= 0.6 is 0 Å². The van der Waals surface area contributed by atoms with Gasteiger partial charge in [0.2, 0.25) is 5.88 Å². The predicted octanol–water partition coefficient (Wildman–Crippen LogP) is 1.00. The van der Waals surface area contributed by atoms with E-state index in [0.29, 0.717) is 50.2 Å². The molecule has 0 amide bonds. The summed E-state index contributed by atoms with van der Waals surface area (Å²) < 4.78 is 17.4. The number of aromatic nitrogens is 1. The molecule has 0 saturated heterocycles. The molecule has 0 bridgehead atoms. The minimum absolute atomic E-state index is 0.393. The van der Waals surface area contributed by atoms with Crippen molar-refractivity contribution in [2.24, 2.45) is 0 Å². The Morgan fingerprint density at radius 2 is 2.17 bits per heavy atom. The van der Waals surface area contributed by atoms with Crippen LogP contribution < -0.4 is 10.5 Å². The molecule has 0 aromatic carbocycles. The van der Waals surface area contributed by atoms with Crippen LogP contribution in [-0.4, -0.2) is 38.1 Å². The van der Waals surface area contributed by atoms with Crippen molar-refractivity contribution in [3.05, 3.63) is 11.8 Å². The van der Waals surface area contributed by atoms with Gasteiger partial charge in [0.25, 0.3) is 0 Å². The lowest BCUT2D eigenvalue weighted by Crippen LogP contribution is -2.13. The van der Waals surface area contributed by atoms with Gasteiger partial charge in [-0.15, -0.1) is 0 Å². The van der Waals surface area contributed by atoms with Crippen LogP contribution in [0.5, 0.6) is 5.88 Å². The molecule has 6 nitrogen and oxygen atoms in total. The largest absolute Gasteiger partial charge is 0.475 e.